The molecule has 0 fully saturated rings. The second kappa shape index (κ2) is 10.4. The van der Waals surface area contributed by atoms with E-state index < -0.39 is 12.1 Å². The van der Waals surface area contributed by atoms with Gasteiger partial charge in [0.2, 0.25) is 0 Å². The van der Waals surface area contributed by atoms with Crippen LogP contribution in [0.2, 0.25) is 0 Å². The fourth-order valence-electron chi connectivity index (χ4n) is 3.40. The van der Waals surface area contributed by atoms with Crippen molar-refractivity contribution in [3.63, 3.8) is 0 Å². The predicted molar refractivity (Wildman–Crippen MR) is 128 cm³/mol. The Morgan fingerprint density at radius 1 is 1.16 bits per heavy atom. The number of aliphatic carboxylic acids is 1. The Hall–Kier alpha value is -3.16. The Morgan fingerprint density at radius 3 is 2.75 bits per heavy atom. The zero-order valence-electron chi connectivity index (χ0n) is 17.6. The summed E-state index contributed by atoms with van der Waals surface area (Å²) in [6.07, 6.45) is 1.73. The topological polar surface area (TPSA) is 68.7 Å². The van der Waals surface area contributed by atoms with Crippen LogP contribution in [0.5, 0.6) is 11.5 Å². The number of aryl methyl sites for hydroxylation is 1. The highest BCUT2D eigenvalue weighted by atomic mass is 32.1. The molecule has 5 nitrogen and oxygen atoms in total. The average molecular weight is 466 g/mol. The Kier molecular flexibility index (Phi) is 7.19. The van der Waals surface area contributed by atoms with E-state index in [4.69, 9.17) is 9.47 Å². The highest BCUT2D eigenvalue weighted by Crippen LogP contribution is 2.38. The van der Waals surface area contributed by atoms with E-state index >= 15 is 0 Å². The molecule has 1 unspecified atom stereocenters. The van der Waals surface area contributed by atoms with E-state index in [1.807, 2.05) is 66.2 Å². The van der Waals surface area contributed by atoms with Gasteiger partial charge in [-0.15, -0.1) is 11.3 Å². The Balaban J connectivity index is 1.66. The molecule has 7 heteroatoms. The van der Waals surface area contributed by atoms with E-state index in [1.54, 1.807) is 17.5 Å². The van der Waals surface area contributed by atoms with Crippen molar-refractivity contribution < 1.29 is 19.4 Å². The minimum absolute atomic E-state index is 0.0138. The summed E-state index contributed by atoms with van der Waals surface area (Å²) in [5.74, 6) is 0.467. The van der Waals surface area contributed by atoms with Crippen LogP contribution in [0.4, 0.5) is 0 Å². The Bertz CT molecular complexity index is 1160. The van der Waals surface area contributed by atoms with Gasteiger partial charge >= 0.3 is 5.97 Å². The molecule has 1 atom stereocenters. The van der Waals surface area contributed by atoms with Crippen molar-refractivity contribution in [2.45, 2.75) is 32.5 Å². The molecule has 4 aromatic rings. The van der Waals surface area contributed by atoms with Gasteiger partial charge in [0.1, 0.15) is 29.2 Å². The van der Waals surface area contributed by atoms with E-state index in [2.05, 4.69) is 10.4 Å². The van der Waals surface area contributed by atoms with Crippen LogP contribution in [0.1, 0.15) is 35.6 Å². The second-order valence-corrected chi connectivity index (χ2v) is 8.99. The molecule has 2 aromatic heterocycles. The quantitative estimate of drug-likeness (QED) is 0.281. The third-order valence-corrected chi connectivity index (χ3v) is 6.56. The summed E-state index contributed by atoms with van der Waals surface area (Å²) >= 11 is 3.16. The van der Waals surface area contributed by atoms with Crippen LogP contribution in [0.3, 0.4) is 0 Å². The van der Waals surface area contributed by atoms with Gasteiger partial charge in [-0.3, -0.25) is 4.79 Å². The van der Waals surface area contributed by atoms with Crippen molar-refractivity contribution in [2.24, 2.45) is 0 Å². The molecule has 0 bridgehead atoms. The van der Waals surface area contributed by atoms with Gasteiger partial charge in [0, 0.05) is 24.1 Å². The largest absolute Gasteiger partial charge is 0.489 e. The van der Waals surface area contributed by atoms with Crippen molar-refractivity contribution >= 4 is 28.6 Å². The molecule has 0 aliphatic heterocycles. The van der Waals surface area contributed by atoms with Crippen molar-refractivity contribution in [1.82, 2.24) is 4.98 Å². The summed E-state index contributed by atoms with van der Waals surface area (Å²) in [4.78, 5) is 15.7. The van der Waals surface area contributed by atoms with Gasteiger partial charge in [-0.2, -0.15) is 11.3 Å². The number of benzene rings is 2. The van der Waals surface area contributed by atoms with Crippen molar-refractivity contribution in [3.8, 4) is 22.1 Å². The molecular formula is C25H23NO4S2. The lowest BCUT2D eigenvalue weighted by Crippen LogP contribution is -2.12. The Labute approximate surface area is 194 Å². The fraction of sp³-hybridized carbons (Fsp3) is 0.200. The first kappa shape index (κ1) is 22.0. The second-order valence-electron chi connectivity index (χ2n) is 7.31. The monoisotopic (exact) mass is 465 g/mol. The number of carboxylic acids is 1. The first-order valence-electron chi connectivity index (χ1n) is 10.2. The first-order valence-corrected chi connectivity index (χ1v) is 12.0. The lowest BCUT2D eigenvalue weighted by Gasteiger charge is -2.22. The maximum Gasteiger partial charge on any atom is 0.303 e. The minimum Gasteiger partial charge on any atom is -0.489 e. The third kappa shape index (κ3) is 5.55. The number of nitrogens with zero attached hydrogens (tertiary/aromatic N) is 1. The maximum absolute atomic E-state index is 11.3. The number of thiazole rings is 1. The molecule has 0 radical (unpaired) electrons. The van der Waals surface area contributed by atoms with Gasteiger partial charge in [-0.05, 0) is 59.0 Å². The lowest BCUT2D eigenvalue weighted by molar-refractivity contribution is -0.137. The average Bonchev–Trinajstić information content (AvgIpc) is 3.50. The van der Waals surface area contributed by atoms with Gasteiger partial charge in [0.25, 0.3) is 0 Å². The number of ether oxygens (including phenoxy) is 2. The van der Waals surface area contributed by atoms with Crippen LogP contribution in [0.25, 0.3) is 10.6 Å². The molecule has 2 heterocycles. The summed E-state index contributed by atoms with van der Waals surface area (Å²) in [7, 11) is 0. The van der Waals surface area contributed by atoms with Crippen molar-refractivity contribution in [1.29, 1.82) is 0 Å². The summed E-state index contributed by atoms with van der Waals surface area (Å²) in [5.41, 5.74) is 4.00. The zero-order chi connectivity index (χ0) is 22.3. The number of aromatic nitrogens is 1. The van der Waals surface area contributed by atoms with E-state index in [1.165, 1.54) is 11.3 Å². The summed E-state index contributed by atoms with van der Waals surface area (Å²) in [5, 5.41) is 16.1. The van der Waals surface area contributed by atoms with E-state index in [9.17, 15) is 9.90 Å². The van der Waals surface area contributed by atoms with Gasteiger partial charge in [0.05, 0.1) is 5.56 Å². The van der Waals surface area contributed by atoms with Gasteiger partial charge < -0.3 is 14.6 Å². The molecular weight excluding hydrogens is 442 g/mol. The zero-order valence-corrected chi connectivity index (χ0v) is 19.2. The molecule has 0 saturated heterocycles. The molecule has 0 spiro atoms. The molecule has 4 rings (SSSR count). The molecule has 164 valence electrons. The predicted octanol–water partition coefficient (Wildman–Crippen LogP) is 6.74. The standard InChI is InChI=1S/C25H23NO4S2/c1-17-4-2-3-5-20(17)22(8-9-24(27)28)30-23-14-19(29-15-18-10-12-31-16-18)6-7-21(23)25-26-11-13-32-25/h2-7,10-14,16,22H,8-9,15H2,1H3,(H,27,28). The number of rotatable bonds is 10. The molecule has 0 amide bonds. The summed E-state index contributed by atoms with van der Waals surface area (Å²) in [6.45, 7) is 2.48. The van der Waals surface area contributed by atoms with Gasteiger partial charge in [0.15, 0.2) is 0 Å². The lowest BCUT2D eigenvalue weighted by atomic mass is 9.99. The van der Waals surface area contributed by atoms with E-state index in [0.717, 1.165) is 27.3 Å². The molecule has 2 aromatic carbocycles. The van der Waals surface area contributed by atoms with Gasteiger partial charge in [-0.25, -0.2) is 4.98 Å². The number of hydrogen-bond acceptors (Lipinski definition) is 6. The number of carbonyl (C=O) groups is 1. The van der Waals surface area contributed by atoms with Gasteiger partial charge in [-0.1, -0.05) is 24.3 Å². The Morgan fingerprint density at radius 2 is 2.03 bits per heavy atom. The molecule has 1 N–H and O–H groups in total. The number of hydrogen-bond donors (Lipinski definition) is 1. The molecule has 0 aliphatic rings. The van der Waals surface area contributed by atoms with E-state index in [-0.39, 0.29) is 6.42 Å². The SMILES string of the molecule is Cc1ccccc1C(CCC(=O)O)Oc1cc(OCc2ccsc2)ccc1-c1nccs1. The third-order valence-electron chi connectivity index (χ3n) is 5.03. The smallest absolute Gasteiger partial charge is 0.303 e. The normalized spacial score (nSPS) is 11.8. The minimum atomic E-state index is -0.847. The van der Waals surface area contributed by atoms with Crippen LogP contribution in [-0.4, -0.2) is 16.1 Å². The van der Waals surface area contributed by atoms with Crippen molar-refractivity contribution in [2.75, 3.05) is 0 Å². The molecule has 32 heavy (non-hydrogen) atoms. The molecule has 0 saturated carbocycles. The number of thiophene rings is 1. The highest BCUT2D eigenvalue weighted by Gasteiger charge is 2.20. The number of carboxylic acid groups (broad SMARTS) is 1. The summed E-state index contributed by atoms with van der Waals surface area (Å²) in [6, 6.07) is 15.7. The highest BCUT2D eigenvalue weighted by molar-refractivity contribution is 7.13. The first-order chi connectivity index (χ1) is 15.6. The summed E-state index contributed by atoms with van der Waals surface area (Å²) < 4.78 is 12.5. The fourth-order valence-corrected chi connectivity index (χ4v) is 4.72. The van der Waals surface area contributed by atoms with Crippen LogP contribution in [0.15, 0.2) is 70.9 Å². The van der Waals surface area contributed by atoms with Crippen LogP contribution in [-0.2, 0) is 11.4 Å². The van der Waals surface area contributed by atoms with Crippen LogP contribution >= 0.6 is 22.7 Å². The maximum atomic E-state index is 11.3. The van der Waals surface area contributed by atoms with Crippen LogP contribution < -0.4 is 9.47 Å². The molecule has 0 aliphatic carbocycles. The van der Waals surface area contributed by atoms with Crippen LogP contribution in [0, 0.1) is 6.92 Å². The van der Waals surface area contributed by atoms with Crippen molar-refractivity contribution in [3.05, 3.63) is 87.6 Å². The van der Waals surface area contributed by atoms with E-state index in [0.29, 0.717) is 24.5 Å².